The minimum atomic E-state index is -0.903. The van der Waals surface area contributed by atoms with Gasteiger partial charge in [-0.3, -0.25) is 10.1 Å². The number of rotatable bonds is 3. The lowest BCUT2D eigenvalue weighted by Crippen LogP contribution is -2.13. The number of hydrogen-bond donors (Lipinski definition) is 1. The Morgan fingerprint density at radius 1 is 1.04 bits per heavy atom. The van der Waals surface area contributed by atoms with E-state index in [0.29, 0.717) is 11.2 Å². The Morgan fingerprint density at radius 2 is 1.80 bits per heavy atom. The number of carbonyl (C=O) groups is 1. The van der Waals surface area contributed by atoms with Crippen LogP contribution in [0.4, 0.5) is 13.9 Å². The topological polar surface area (TPSA) is 42.0 Å². The number of nitrogens with one attached hydrogen (secondary N) is 1. The molecule has 1 N–H and O–H groups in total. The van der Waals surface area contributed by atoms with Gasteiger partial charge in [0.2, 0.25) is 0 Å². The first-order chi connectivity index (χ1) is 11.8. The molecular weight excluding hydrogens is 342 g/mol. The summed E-state index contributed by atoms with van der Waals surface area (Å²) in [5.41, 5.74) is 3.87. The zero-order chi connectivity index (χ0) is 18.1. The highest BCUT2D eigenvalue weighted by Gasteiger charge is 2.16. The summed E-state index contributed by atoms with van der Waals surface area (Å²) in [5.74, 6) is -2.28. The van der Waals surface area contributed by atoms with Crippen LogP contribution < -0.4 is 5.32 Å². The lowest BCUT2D eigenvalue weighted by Gasteiger charge is -2.04. The molecule has 0 bridgehead atoms. The molecule has 0 unspecified atom stereocenters. The van der Waals surface area contributed by atoms with Gasteiger partial charge < -0.3 is 0 Å². The maximum atomic E-state index is 13.7. The summed E-state index contributed by atoms with van der Waals surface area (Å²) in [7, 11) is 0. The molecule has 1 heterocycles. The van der Waals surface area contributed by atoms with Crippen molar-refractivity contribution in [3.05, 3.63) is 69.6 Å². The van der Waals surface area contributed by atoms with Crippen LogP contribution in [0.15, 0.2) is 36.4 Å². The van der Waals surface area contributed by atoms with E-state index in [4.69, 9.17) is 0 Å². The van der Waals surface area contributed by atoms with Gasteiger partial charge in [-0.15, -0.1) is 11.3 Å². The number of thiazole rings is 1. The van der Waals surface area contributed by atoms with Crippen molar-refractivity contribution in [2.24, 2.45) is 0 Å². The van der Waals surface area contributed by atoms with Crippen LogP contribution in [0, 0.1) is 32.4 Å². The number of hydrogen-bond acceptors (Lipinski definition) is 3. The maximum absolute atomic E-state index is 13.7. The van der Waals surface area contributed by atoms with Crippen molar-refractivity contribution < 1.29 is 13.6 Å². The molecule has 0 aliphatic heterocycles. The standard InChI is InChI=1S/C19H16F2N2OS/c1-10-4-5-13(8-11(10)2)17-12(3)25-19(22-17)23-18(24)15-7-6-14(20)9-16(15)21/h4-9H,1-3H3,(H,22,23,24). The minimum absolute atomic E-state index is 0.220. The number of amides is 1. The molecule has 0 atom stereocenters. The number of halogens is 2. The summed E-state index contributed by atoms with van der Waals surface area (Å²) in [6.07, 6.45) is 0. The molecule has 1 amide bonds. The highest BCUT2D eigenvalue weighted by atomic mass is 32.1. The second-order valence-electron chi connectivity index (χ2n) is 5.80. The number of aromatic nitrogens is 1. The predicted molar refractivity (Wildman–Crippen MR) is 96.1 cm³/mol. The van der Waals surface area contributed by atoms with Gasteiger partial charge in [-0.05, 0) is 50.1 Å². The van der Waals surface area contributed by atoms with Crippen molar-refractivity contribution in [3.8, 4) is 11.3 Å². The molecule has 25 heavy (non-hydrogen) atoms. The molecule has 6 heteroatoms. The van der Waals surface area contributed by atoms with Crippen molar-refractivity contribution in [2.75, 3.05) is 5.32 Å². The van der Waals surface area contributed by atoms with Gasteiger partial charge in [0.05, 0.1) is 11.3 Å². The lowest BCUT2D eigenvalue weighted by molar-refractivity contribution is 0.102. The number of nitrogens with zero attached hydrogens (tertiary/aromatic N) is 1. The molecule has 0 spiro atoms. The largest absolute Gasteiger partial charge is 0.298 e. The smallest absolute Gasteiger partial charge is 0.260 e. The fraction of sp³-hybridized carbons (Fsp3) is 0.158. The molecule has 0 aliphatic carbocycles. The number of benzene rings is 2. The molecule has 1 aromatic heterocycles. The molecule has 128 valence electrons. The molecule has 0 fully saturated rings. The molecule has 0 aliphatic rings. The SMILES string of the molecule is Cc1ccc(-c2nc(NC(=O)c3ccc(F)cc3F)sc2C)cc1C. The number of aryl methyl sites for hydroxylation is 3. The molecule has 3 aromatic rings. The average molecular weight is 358 g/mol. The zero-order valence-corrected chi connectivity index (χ0v) is 14.8. The zero-order valence-electron chi connectivity index (χ0n) is 14.0. The summed E-state index contributed by atoms with van der Waals surface area (Å²) >= 11 is 1.31. The Kier molecular flexibility index (Phi) is 4.63. The Morgan fingerprint density at radius 3 is 2.48 bits per heavy atom. The van der Waals surface area contributed by atoms with Crippen molar-refractivity contribution in [1.82, 2.24) is 4.98 Å². The highest BCUT2D eigenvalue weighted by molar-refractivity contribution is 7.16. The van der Waals surface area contributed by atoms with Crippen LogP contribution in [-0.2, 0) is 0 Å². The third kappa shape index (κ3) is 3.58. The molecule has 2 aromatic carbocycles. The van der Waals surface area contributed by atoms with Gasteiger partial charge in [0.1, 0.15) is 11.6 Å². The van der Waals surface area contributed by atoms with E-state index in [1.54, 1.807) is 0 Å². The van der Waals surface area contributed by atoms with Gasteiger partial charge >= 0.3 is 0 Å². The van der Waals surface area contributed by atoms with Crippen LogP contribution in [0.1, 0.15) is 26.4 Å². The lowest BCUT2D eigenvalue weighted by atomic mass is 10.0. The second-order valence-corrected chi connectivity index (χ2v) is 7.00. The van der Waals surface area contributed by atoms with Crippen LogP contribution in [0.5, 0.6) is 0 Å². The first kappa shape index (κ1) is 17.2. The molecule has 0 saturated heterocycles. The normalized spacial score (nSPS) is 10.8. The van der Waals surface area contributed by atoms with Crippen LogP contribution in [0.25, 0.3) is 11.3 Å². The average Bonchev–Trinajstić information content (AvgIpc) is 2.90. The van der Waals surface area contributed by atoms with Gasteiger partial charge in [-0.2, -0.15) is 0 Å². The van der Waals surface area contributed by atoms with E-state index < -0.39 is 17.5 Å². The predicted octanol–water partition coefficient (Wildman–Crippen LogP) is 5.27. The first-order valence-electron chi connectivity index (χ1n) is 7.66. The monoisotopic (exact) mass is 358 g/mol. The molecule has 0 radical (unpaired) electrons. The molecule has 0 saturated carbocycles. The van der Waals surface area contributed by atoms with Gasteiger partial charge in [0.25, 0.3) is 5.91 Å². The van der Waals surface area contributed by atoms with Gasteiger partial charge in [-0.1, -0.05) is 12.1 Å². The van der Waals surface area contributed by atoms with E-state index in [0.717, 1.165) is 33.8 Å². The van der Waals surface area contributed by atoms with Crippen molar-refractivity contribution in [2.45, 2.75) is 20.8 Å². The van der Waals surface area contributed by atoms with Crippen molar-refractivity contribution >= 4 is 22.4 Å². The minimum Gasteiger partial charge on any atom is -0.298 e. The van der Waals surface area contributed by atoms with Crippen LogP contribution >= 0.6 is 11.3 Å². The van der Waals surface area contributed by atoms with Crippen molar-refractivity contribution in [3.63, 3.8) is 0 Å². The van der Waals surface area contributed by atoms with Gasteiger partial charge in [0.15, 0.2) is 5.13 Å². The van der Waals surface area contributed by atoms with E-state index in [1.165, 1.54) is 16.9 Å². The maximum Gasteiger partial charge on any atom is 0.260 e. The summed E-state index contributed by atoms with van der Waals surface area (Å²) < 4.78 is 26.7. The molecular formula is C19H16F2N2OS. The summed E-state index contributed by atoms with van der Waals surface area (Å²) in [6.45, 7) is 5.98. The van der Waals surface area contributed by atoms with Crippen LogP contribution in [0.3, 0.4) is 0 Å². The van der Waals surface area contributed by atoms with E-state index >= 15 is 0 Å². The van der Waals surface area contributed by atoms with Crippen LogP contribution in [0.2, 0.25) is 0 Å². The Balaban J connectivity index is 1.87. The fourth-order valence-corrected chi connectivity index (χ4v) is 3.28. The first-order valence-corrected chi connectivity index (χ1v) is 8.48. The van der Waals surface area contributed by atoms with E-state index in [1.807, 2.05) is 39.0 Å². The van der Waals surface area contributed by atoms with Gasteiger partial charge in [-0.25, -0.2) is 13.8 Å². The third-order valence-corrected chi connectivity index (χ3v) is 4.86. The third-order valence-electron chi connectivity index (χ3n) is 3.97. The Bertz CT molecular complexity index is 966. The highest BCUT2D eigenvalue weighted by Crippen LogP contribution is 2.31. The number of anilines is 1. The van der Waals surface area contributed by atoms with Gasteiger partial charge in [0, 0.05) is 16.5 Å². The quantitative estimate of drug-likeness (QED) is 0.693. The molecule has 3 rings (SSSR count). The Labute approximate surface area is 148 Å². The summed E-state index contributed by atoms with van der Waals surface area (Å²) in [5, 5.41) is 2.96. The van der Waals surface area contributed by atoms with Crippen molar-refractivity contribution in [1.29, 1.82) is 0 Å². The van der Waals surface area contributed by atoms with E-state index in [2.05, 4.69) is 10.3 Å². The second kappa shape index (κ2) is 6.72. The number of carbonyl (C=O) groups excluding carboxylic acids is 1. The van der Waals surface area contributed by atoms with E-state index in [-0.39, 0.29) is 5.56 Å². The summed E-state index contributed by atoms with van der Waals surface area (Å²) in [4.78, 5) is 17.6. The molecule has 3 nitrogen and oxygen atoms in total. The van der Waals surface area contributed by atoms with Crippen LogP contribution in [-0.4, -0.2) is 10.9 Å². The fourth-order valence-electron chi connectivity index (χ4n) is 2.44. The Hall–Kier alpha value is -2.60. The van der Waals surface area contributed by atoms with E-state index in [9.17, 15) is 13.6 Å². The summed E-state index contributed by atoms with van der Waals surface area (Å²) in [6, 6.07) is 8.90.